The number of hydrogen-bond acceptors (Lipinski definition) is 3. The predicted molar refractivity (Wildman–Crippen MR) is 77.6 cm³/mol. The number of benzene rings is 1. The first-order chi connectivity index (χ1) is 8.70. The van der Waals surface area contributed by atoms with Crippen LogP contribution in [0.15, 0.2) is 18.2 Å². The van der Waals surface area contributed by atoms with Gasteiger partial charge in [0.25, 0.3) is 0 Å². The lowest BCUT2D eigenvalue weighted by Gasteiger charge is -2.18. The third-order valence-corrected chi connectivity index (χ3v) is 3.09. The van der Waals surface area contributed by atoms with Crippen LogP contribution in [0.1, 0.15) is 13.8 Å². The Morgan fingerprint density at radius 1 is 1.32 bits per heavy atom. The second-order valence-corrected chi connectivity index (χ2v) is 6.51. The monoisotopic (exact) mass is 344 g/mol. The number of carbonyl (C=O) groups is 1. The molecule has 0 bridgehead atoms. The summed E-state index contributed by atoms with van der Waals surface area (Å²) in [6.07, 6.45) is -0.501. The summed E-state index contributed by atoms with van der Waals surface area (Å²) in [6, 6.07) is 4.85. The van der Waals surface area contributed by atoms with Crippen molar-refractivity contribution < 1.29 is 14.3 Å². The fourth-order valence-corrected chi connectivity index (χ4v) is 1.48. The minimum absolute atomic E-state index is 0.146. The van der Waals surface area contributed by atoms with Crippen molar-refractivity contribution >= 4 is 52.4 Å². The number of alkyl halides is 2. The molecule has 0 aliphatic carbocycles. The molecule has 0 saturated carbocycles. The van der Waals surface area contributed by atoms with Crippen LogP contribution in [0.25, 0.3) is 0 Å². The zero-order valence-corrected chi connectivity index (χ0v) is 13.3. The molecule has 0 spiro atoms. The van der Waals surface area contributed by atoms with Crippen LogP contribution in [-0.4, -0.2) is 23.0 Å². The van der Waals surface area contributed by atoms with Gasteiger partial charge < -0.3 is 9.47 Å². The van der Waals surface area contributed by atoms with Crippen molar-refractivity contribution in [3.63, 3.8) is 0 Å². The number of ether oxygens (including phenoxy) is 2. The highest BCUT2D eigenvalue weighted by Gasteiger charge is 2.30. The van der Waals surface area contributed by atoms with E-state index in [2.05, 4.69) is 0 Å². The quantitative estimate of drug-likeness (QED) is 0.582. The summed E-state index contributed by atoms with van der Waals surface area (Å²) >= 11 is 22.8. The van der Waals surface area contributed by atoms with Crippen molar-refractivity contribution in [1.29, 1.82) is 0 Å². The number of halogens is 4. The Morgan fingerprint density at radius 3 is 2.47 bits per heavy atom. The number of esters is 1. The van der Waals surface area contributed by atoms with E-state index in [-0.39, 0.29) is 6.61 Å². The van der Waals surface area contributed by atoms with Gasteiger partial charge in [0.05, 0.1) is 10.0 Å². The molecule has 0 fully saturated rings. The first-order valence-corrected chi connectivity index (χ1v) is 6.88. The van der Waals surface area contributed by atoms with E-state index in [1.807, 2.05) is 0 Å². The molecule has 0 N–H and O–H groups in total. The fraction of sp³-hybridized carbons (Fsp3) is 0.417. The number of rotatable bonds is 5. The highest BCUT2D eigenvalue weighted by atomic mass is 35.5. The Hall–Kier alpha value is -0.350. The Kier molecular flexibility index (Phi) is 6.06. The summed E-state index contributed by atoms with van der Waals surface area (Å²) in [4.78, 5) is 11.4. The number of carbonyl (C=O) groups excluding carboxylic acids is 1. The molecule has 3 nitrogen and oxygen atoms in total. The lowest BCUT2D eigenvalue weighted by Crippen LogP contribution is -2.30. The molecule has 1 aromatic rings. The lowest BCUT2D eigenvalue weighted by atomic mass is 10.3. The molecule has 1 aromatic carbocycles. The van der Waals surface area contributed by atoms with Crippen LogP contribution >= 0.6 is 46.4 Å². The highest BCUT2D eigenvalue weighted by Crippen LogP contribution is 2.26. The summed E-state index contributed by atoms with van der Waals surface area (Å²) in [5.74, 6) is -0.196. The predicted octanol–water partition coefficient (Wildman–Crippen LogP) is 4.50. The average Bonchev–Trinajstić information content (AvgIpc) is 2.29. The maximum atomic E-state index is 11.4. The molecular formula is C12H12Cl4O3. The van der Waals surface area contributed by atoms with Gasteiger partial charge in [-0.05, 0) is 26.0 Å². The topological polar surface area (TPSA) is 35.5 Å². The van der Waals surface area contributed by atoms with Crippen molar-refractivity contribution in [3.8, 4) is 5.75 Å². The van der Waals surface area contributed by atoms with Gasteiger partial charge in [0.1, 0.15) is 18.5 Å². The van der Waals surface area contributed by atoms with Crippen LogP contribution in [0, 0.1) is 0 Å². The summed E-state index contributed by atoms with van der Waals surface area (Å²) < 4.78 is 8.84. The molecule has 0 aliphatic heterocycles. The van der Waals surface area contributed by atoms with Gasteiger partial charge in [0.15, 0.2) is 0 Å². The van der Waals surface area contributed by atoms with Gasteiger partial charge in [-0.15, -0.1) is 0 Å². The normalized spacial score (nSPS) is 12.9. The van der Waals surface area contributed by atoms with Crippen LogP contribution < -0.4 is 4.74 Å². The third-order valence-electron chi connectivity index (χ3n) is 2.04. The lowest BCUT2D eigenvalue weighted by molar-refractivity contribution is -0.150. The first kappa shape index (κ1) is 16.7. The van der Waals surface area contributed by atoms with Crippen molar-refractivity contribution in [1.82, 2.24) is 0 Å². The van der Waals surface area contributed by atoms with E-state index in [4.69, 9.17) is 55.9 Å². The van der Waals surface area contributed by atoms with Crippen LogP contribution in [0.5, 0.6) is 5.75 Å². The molecule has 0 radical (unpaired) electrons. The molecule has 0 amide bonds. The molecule has 7 heteroatoms. The molecule has 106 valence electrons. The Morgan fingerprint density at radius 2 is 1.95 bits per heavy atom. The van der Waals surface area contributed by atoms with E-state index in [1.165, 1.54) is 6.92 Å². The van der Waals surface area contributed by atoms with Gasteiger partial charge in [-0.25, -0.2) is 4.79 Å². The van der Waals surface area contributed by atoms with Crippen LogP contribution in [0.2, 0.25) is 10.0 Å². The summed E-state index contributed by atoms with van der Waals surface area (Å²) in [6.45, 7) is 3.15. The Balaban J connectivity index is 2.48. The van der Waals surface area contributed by atoms with E-state index >= 15 is 0 Å². The van der Waals surface area contributed by atoms with E-state index in [0.717, 1.165) is 0 Å². The summed E-state index contributed by atoms with van der Waals surface area (Å²) in [5.41, 5.74) is 0. The van der Waals surface area contributed by atoms with Crippen LogP contribution in [0.3, 0.4) is 0 Å². The molecule has 19 heavy (non-hydrogen) atoms. The average molecular weight is 346 g/mol. The molecule has 1 rings (SSSR count). The smallest absolute Gasteiger partial charge is 0.342 e. The van der Waals surface area contributed by atoms with Gasteiger partial charge in [-0.2, -0.15) is 0 Å². The molecule has 0 aliphatic rings. The van der Waals surface area contributed by atoms with Gasteiger partial charge in [-0.3, -0.25) is 0 Å². The van der Waals surface area contributed by atoms with Gasteiger partial charge in [-0.1, -0.05) is 46.4 Å². The van der Waals surface area contributed by atoms with Gasteiger partial charge in [0, 0.05) is 6.07 Å². The second kappa shape index (κ2) is 6.89. The fourth-order valence-electron chi connectivity index (χ4n) is 1.10. The van der Waals surface area contributed by atoms with Crippen molar-refractivity contribution in [2.45, 2.75) is 24.3 Å². The molecule has 0 heterocycles. The second-order valence-electron chi connectivity index (χ2n) is 3.99. The van der Waals surface area contributed by atoms with E-state index < -0.39 is 16.4 Å². The minimum Gasteiger partial charge on any atom is -0.490 e. The largest absolute Gasteiger partial charge is 0.490 e. The molecule has 1 unspecified atom stereocenters. The first-order valence-electron chi connectivity index (χ1n) is 5.37. The van der Waals surface area contributed by atoms with Crippen molar-refractivity contribution in [2.24, 2.45) is 0 Å². The van der Waals surface area contributed by atoms with Gasteiger partial charge in [0.2, 0.25) is 4.33 Å². The zero-order valence-electron chi connectivity index (χ0n) is 10.3. The van der Waals surface area contributed by atoms with Gasteiger partial charge >= 0.3 is 5.97 Å². The molecule has 0 saturated heterocycles. The van der Waals surface area contributed by atoms with E-state index in [1.54, 1.807) is 25.1 Å². The Labute approximate surface area is 131 Å². The standard InChI is InChI=1S/C12H12Cl4O3/c1-7(19-11(17)12(2,15)16)6-18-8-3-4-9(13)10(14)5-8/h3-5,7H,6H2,1-2H3. The van der Waals surface area contributed by atoms with Crippen molar-refractivity contribution in [3.05, 3.63) is 28.2 Å². The maximum absolute atomic E-state index is 11.4. The van der Waals surface area contributed by atoms with Crippen LogP contribution in [0.4, 0.5) is 0 Å². The molecule has 0 aromatic heterocycles. The molecular weight excluding hydrogens is 334 g/mol. The van der Waals surface area contributed by atoms with E-state index in [0.29, 0.717) is 15.8 Å². The number of hydrogen-bond donors (Lipinski definition) is 0. The molecule has 1 atom stereocenters. The SMILES string of the molecule is CC(COc1ccc(Cl)c(Cl)c1)OC(=O)C(C)(Cl)Cl. The van der Waals surface area contributed by atoms with Crippen LogP contribution in [-0.2, 0) is 9.53 Å². The maximum Gasteiger partial charge on any atom is 0.342 e. The van der Waals surface area contributed by atoms with E-state index in [9.17, 15) is 4.79 Å². The zero-order chi connectivity index (χ0) is 14.6. The Bertz CT molecular complexity index is 457. The summed E-state index contributed by atoms with van der Waals surface area (Å²) in [7, 11) is 0. The highest BCUT2D eigenvalue weighted by molar-refractivity contribution is 6.57. The summed E-state index contributed by atoms with van der Waals surface area (Å²) in [5, 5.41) is 0.825. The third kappa shape index (κ3) is 5.65. The van der Waals surface area contributed by atoms with Crippen molar-refractivity contribution in [2.75, 3.05) is 6.61 Å². The minimum atomic E-state index is -1.57.